The summed E-state index contributed by atoms with van der Waals surface area (Å²) in [6.07, 6.45) is 1.99. The van der Waals surface area contributed by atoms with Gasteiger partial charge in [0.05, 0.1) is 11.6 Å². The lowest BCUT2D eigenvalue weighted by Crippen LogP contribution is -2.04. The van der Waals surface area contributed by atoms with Crippen LogP contribution in [0, 0.1) is 0 Å². The summed E-state index contributed by atoms with van der Waals surface area (Å²) >= 11 is 12.2. The number of nitrogens with two attached hydrogens (primary N) is 1. The van der Waals surface area contributed by atoms with E-state index in [0.29, 0.717) is 29.1 Å². The lowest BCUT2D eigenvalue weighted by molar-refractivity contribution is 0.334. The molecule has 4 heteroatoms. The molecule has 1 rings (SSSR count). The van der Waals surface area contributed by atoms with Crippen molar-refractivity contribution < 1.29 is 4.74 Å². The van der Waals surface area contributed by atoms with Gasteiger partial charge in [0.25, 0.3) is 0 Å². The van der Waals surface area contributed by atoms with Crippen LogP contribution in [0.25, 0.3) is 0 Å². The maximum Gasteiger partial charge on any atom is 0.141 e. The van der Waals surface area contributed by atoms with Crippen LogP contribution in [-0.2, 0) is 0 Å². The Labute approximate surface area is 113 Å². The molecule has 0 saturated heterocycles. The van der Waals surface area contributed by atoms with E-state index in [1.807, 2.05) is 13.0 Å². The summed E-state index contributed by atoms with van der Waals surface area (Å²) in [5, 5.41) is 1.22. The topological polar surface area (TPSA) is 35.2 Å². The summed E-state index contributed by atoms with van der Waals surface area (Å²) in [5.41, 5.74) is 6.60. The summed E-state index contributed by atoms with van der Waals surface area (Å²) in [5.74, 6) is 1.10. The summed E-state index contributed by atoms with van der Waals surface area (Å²) < 4.78 is 5.60. The van der Waals surface area contributed by atoms with Crippen molar-refractivity contribution in [3.63, 3.8) is 0 Å². The average molecular weight is 276 g/mol. The van der Waals surface area contributed by atoms with Crippen molar-refractivity contribution in [2.24, 2.45) is 5.73 Å². The lowest BCUT2D eigenvalue weighted by Gasteiger charge is -2.18. The van der Waals surface area contributed by atoms with Gasteiger partial charge in [-0.1, -0.05) is 30.1 Å². The van der Waals surface area contributed by atoms with Gasteiger partial charge in [0.2, 0.25) is 0 Å². The van der Waals surface area contributed by atoms with Gasteiger partial charge in [-0.25, -0.2) is 0 Å². The van der Waals surface area contributed by atoms with E-state index >= 15 is 0 Å². The standard InChI is InChI=1S/C13H19Cl2NO/c1-3-17-13-11(9(2)5-4-6-16)7-10(14)8-12(13)15/h7-9H,3-6,16H2,1-2H3. The Bertz CT molecular complexity index is 369. The van der Waals surface area contributed by atoms with E-state index in [4.69, 9.17) is 33.7 Å². The fraction of sp³-hybridized carbons (Fsp3) is 0.538. The molecule has 2 N–H and O–H groups in total. The molecule has 1 aromatic rings. The van der Waals surface area contributed by atoms with E-state index in [-0.39, 0.29) is 0 Å². The van der Waals surface area contributed by atoms with E-state index in [1.165, 1.54) is 0 Å². The highest BCUT2D eigenvalue weighted by atomic mass is 35.5. The van der Waals surface area contributed by atoms with Gasteiger partial charge in [-0.2, -0.15) is 0 Å². The van der Waals surface area contributed by atoms with Crippen molar-refractivity contribution >= 4 is 23.2 Å². The molecule has 0 aliphatic heterocycles. The van der Waals surface area contributed by atoms with E-state index in [9.17, 15) is 0 Å². The number of rotatable bonds is 6. The summed E-state index contributed by atoms with van der Waals surface area (Å²) in [4.78, 5) is 0. The normalized spacial score (nSPS) is 12.5. The van der Waals surface area contributed by atoms with Crippen molar-refractivity contribution in [3.8, 4) is 5.75 Å². The molecule has 0 fully saturated rings. The second-order valence-corrected chi connectivity index (χ2v) is 4.91. The van der Waals surface area contributed by atoms with Gasteiger partial charge < -0.3 is 10.5 Å². The Morgan fingerprint density at radius 3 is 2.65 bits per heavy atom. The minimum atomic E-state index is 0.344. The summed E-state index contributed by atoms with van der Waals surface area (Å²) in [6.45, 7) is 5.38. The Kier molecular flexibility index (Phi) is 6.10. The van der Waals surface area contributed by atoms with Gasteiger partial charge >= 0.3 is 0 Å². The fourth-order valence-corrected chi connectivity index (χ4v) is 2.39. The van der Waals surface area contributed by atoms with Gasteiger partial charge in [-0.3, -0.25) is 0 Å². The molecule has 17 heavy (non-hydrogen) atoms. The first-order chi connectivity index (χ1) is 8.10. The predicted molar refractivity (Wildman–Crippen MR) is 74.3 cm³/mol. The number of ether oxygens (including phenoxy) is 1. The Morgan fingerprint density at radius 2 is 2.06 bits per heavy atom. The lowest BCUT2D eigenvalue weighted by atomic mass is 9.95. The third kappa shape index (κ3) is 4.06. The van der Waals surface area contributed by atoms with Crippen LogP contribution in [0.1, 0.15) is 38.2 Å². The van der Waals surface area contributed by atoms with Crippen LogP contribution in [0.5, 0.6) is 5.75 Å². The zero-order valence-corrected chi connectivity index (χ0v) is 11.8. The van der Waals surface area contributed by atoms with E-state index in [2.05, 4.69) is 6.92 Å². The van der Waals surface area contributed by atoms with Gasteiger partial charge in [0.1, 0.15) is 5.75 Å². The second kappa shape index (κ2) is 7.10. The van der Waals surface area contributed by atoms with Gasteiger partial charge in [-0.15, -0.1) is 0 Å². The third-order valence-corrected chi connectivity index (χ3v) is 3.20. The van der Waals surface area contributed by atoms with Crippen LogP contribution < -0.4 is 10.5 Å². The second-order valence-electron chi connectivity index (χ2n) is 4.07. The number of halogens is 2. The molecule has 2 nitrogen and oxygen atoms in total. The van der Waals surface area contributed by atoms with Gasteiger partial charge in [0.15, 0.2) is 0 Å². The molecule has 0 radical (unpaired) electrons. The SMILES string of the molecule is CCOc1c(Cl)cc(Cl)cc1C(C)CCCN. The highest BCUT2D eigenvalue weighted by molar-refractivity contribution is 6.35. The van der Waals surface area contributed by atoms with E-state index in [0.717, 1.165) is 24.2 Å². The van der Waals surface area contributed by atoms with Crippen LogP contribution in [0.4, 0.5) is 0 Å². The maximum atomic E-state index is 6.16. The van der Waals surface area contributed by atoms with Crippen molar-refractivity contribution in [2.45, 2.75) is 32.6 Å². The first-order valence-corrected chi connectivity index (χ1v) is 6.67. The molecule has 1 atom stereocenters. The largest absolute Gasteiger partial charge is 0.492 e. The average Bonchev–Trinajstić information content (AvgIpc) is 2.29. The number of hydrogen-bond acceptors (Lipinski definition) is 2. The molecule has 0 saturated carbocycles. The van der Waals surface area contributed by atoms with Crippen molar-refractivity contribution in [3.05, 3.63) is 27.7 Å². The van der Waals surface area contributed by atoms with Crippen LogP contribution in [-0.4, -0.2) is 13.2 Å². The molecule has 1 unspecified atom stereocenters. The van der Waals surface area contributed by atoms with E-state index < -0.39 is 0 Å². The zero-order chi connectivity index (χ0) is 12.8. The quantitative estimate of drug-likeness (QED) is 0.843. The Hall–Kier alpha value is -0.440. The fourth-order valence-electron chi connectivity index (χ4n) is 1.82. The molecule has 0 aromatic heterocycles. The zero-order valence-electron chi connectivity index (χ0n) is 10.3. The van der Waals surface area contributed by atoms with Crippen molar-refractivity contribution in [1.82, 2.24) is 0 Å². The molecular weight excluding hydrogens is 257 g/mol. The molecule has 0 aliphatic carbocycles. The molecule has 1 aromatic carbocycles. The van der Waals surface area contributed by atoms with Crippen molar-refractivity contribution in [2.75, 3.05) is 13.2 Å². The first kappa shape index (κ1) is 14.6. The molecule has 0 aliphatic rings. The maximum absolute atomic E-state index is 6.16. The minimum Gasteiger partial charge on any atom is -0.492 e. The van der Waals surface area contributed by atoms with Crippen LogP contribution >= 0.6 is 23.2 Å². The van der Waals surface area contributed by atoms with Crippen LogP contribution in [0.15, 0.2) is 12.1 Å². The molecule has 96 valence electrons. The van der Waals surface area contributed by atoms with Crippen molar-refractivity contribution in [1.29, 1.82) is 0 Å². The monoisotopic (exact) mass is 275 g/mol. The molecular formula is C13H19Cl2NO. The number of benzene rings is 1. The minimum absolute atomic E-state index is 0.344. The highest BCUT2D eigenvalue weighted by Gasteiger charge is 2.15. The summed E-state index contributed by atoms with van der Waals surface area (Å²) in [7, 11) is 0. The van der Waals surface area contributed by atoms with Crippen LogP contribution in [0.3, 0.4) is 0 Å². The summed E-state index contributed by atoms with van der Waals surface area (Å²) in [6, 6.07) is 3.65. The third-order valence-electron chi connectivity index (χ3n) is 2.70. The number of hydrogen-bond donors (Lipinski definition) is 1. The Balaban J connectivity index is 3.01. The van der Waals surface area contributed by atoms with Gasteiger partial charge in [0, 0.05) is 5.02 Å². The van der Waals surface area contributed by atoms with Gasteiger partial charge in [-0.05, 0) is 49.9 Å². The highest BCUT2D eigenvalue weighted by Crippen LogP contribution is 2.38. The smallest absolute Gasteiger partial charge is 0.141 e. The Morgan fingerprint density at radius 1 is 1.35 bits per heavy atom. The van der Waals surface area contributed by atoms with Crippen LogP contribution in [0.2, 0.25) is 10.0 Å². The van der Waals surface area contributed by atoms with E-state index in [1.54, 1.807) is 6.07 Å². The predicted octanol–water partition coefficient (Wildman–Crippen LogP) is 4.23. The molecule has 0 spiro atoms. The molecule has 0 amide bonds. The first-order valence-electron chi connectivity index (χ1n) is 5.92. The molecule has 0 heterocycles. The molecule has 0 bridgehead atoms.